The fourth-order valence-electron chi connectivity index (χ4n) is 4.03. The summed E-state index contributed by atoms with van der Waals surface area (Å²) < 4.78 is 32.3. The first kappa shape index (κ1) is 18.4. The second kappa shape index (κ2) is 7.56. The first-order valence-electron chi connectivity index (χ1n) is 9.20. The van der Waals surface area contributed by atoms with Gasteiger partial charge in [-0.25, -0.2) is 13.6 Å². The lowest BCUT2D eigenvalue weighted by molar-refractivity contribution is 0.0731. The molecule has 2 bridgehead atoms. The molecule has 0 spiro atoms. The molecule has 2 aromatic rings. The standard InChI is InChI=1S/C20H22F2N2O2S/c1-24(20(25)26-16-10-14-3-4-15(11-16)23-14)19-13(6-7-27-19)8-12-2-5-17(21)18(22)9-12/h2,5-7,9,14-16,23H,3-4,8,10-11H2,1H3. The molecule has 2 unspecified atom stereocenters. The van der Waals surface area contributed by atoms with Crippen molar-refractivity contribution in [3.8, 4) is 0 Å². The van der Waals surface area contributed by atoms with Gasteiger partial charge in [0.05, 0.1) is 0 Å². The Hall–Kier alpha value is -1.99. The fraction of sp³-hybridized carbons (Fsp3) is 0.450. The smallest absolute Gasteiger partial charge is 0.414 e. The van der Waals surface area contributed by atoms with Gasteiger partial charge in [-0.1, -0.05) is 6.07 Å². The van der Waals surface area contributed by atoms with E-state index in [0.29, 0.717) is 24.1 Å². The van der Waals surface area contributed by atoms with Crippen molar-refractivity contribution in [3.63, 3.8) is 0 Å². The number of halogens is 2. The Balaban J connectivity index is 1.43. The minimum atomic E-state index is -0.863. The van der Waals surface area contributed by atoms with Crippen molar-refractivity contribution in [1.29, 1.82) is 0 Å². The van der Waals surface area contributed by atoms with E-state index in [2.05, 4.69) is 5.32 Å². The van der Waals surface area contributed by atoms with Crippen molar-refractivity contribution >= 4 is 22.4 Å². The maximum atomic E-state index is 13.5. The summed E-state index contributed by atoms with van der Waals surface area (Å²) >= 11 is 1.43. The molecule has 2 atom stereocenters. The molecule has 2 aliphatic rings. The van der Waals surface area contributed by atoms with Gasteiger partial charge in [0.15, 0.2) is 11.6 Å². The van der Waals surface area contributed by atoms with Crippen LogP contribution in [-0.4, -0.2) is 31.3 Å². The van der Waals surface area contributed by atoms with Gasteiger partial charge >= 0.3 is 6.09 Å². The molecule has 7 heteroatoms. The van der Waals surface area contributed by atoms with Crippen molar-refractivity contribution in [2.45, 2.75) is 50.3 Å². The number of amides is 1. The Labute approximate surface area is 161 Å². The number of piperidine rings is 1. The lowest BCUT2D eigenvalue weighted by Crippen LogP contribution is -2.43. The number of hydrogen-bond donors (Lipinski definition) is 1. The molecule has 3 heterocycles. The van der Waals surface area contributed by atoms with Crippen molar-refractivity contribution in [2.24, 2.45) is 0 Å². The fourth-order valence-corrected chi connectivity index (χ4v) is 4.92. The first-order valence-corrected chi connectivity index (χ1v) is 10.1. The number of fused-ring (bicyclic) bond motifs is 2. The van der Waals surface area contributed by atoms with E-state index in [1.54, 1.807) is 13.1 Å². The van der Waals surface area contributed by atoms with Gasteiger partial charge in [-0.15, -0.1) is 11.3 Å². The van der Waals surface area contributed by atoms with E-state index in [1.165, 1.54) is 22.3 Å². The van der Waals surface area contributed by atoms with Gasteiger partial charge in [0.2, 0.25) is 0 Å². The third-order valence-electron chi connectivity index (χ3n) is 5.38. The van der Waals surface area contributed by atoms with Gasteiger partial charge < -0.3 is 10.1 Å². The van der Waals surface area contributed by atoms with Crippen LogP contribution in [0.1, 0.15) is 36.8 Å². The number of rotatable bonds is 4. The minimum absolute atomic E-state index is 0.0479. The molecule has 1 aromatic carbocycles. The molecule has 0 radical (unpaired) electrons. The zero-order valence-electron chi connectivity index (χ0n) is 15.1. The molecule has 2 aliphatic heterocycles. The summed E-state index contributed by atoms with van der Waals surface area (Å²) in [4.78, 5) is 14.1. The van der Waals surface area contributed by atoms with Crippen LogP contribution in [0.5, 0.6) is 0 Å². The molecule has 2 fully saturated rings. The van der Waals surface area contributed by atoms with Gasteiger partial charge in [-0.2, -0.15) is 0 Å². The van der Waals surface area contributed by atoms with E-state index in [9.17, 15) is 13.6 Å². The van der Waals surface area contributed by atoms with Crippen LogP contribution in [0.25, 0.3) is 0 Å². The zero-order valence-corrected chi connectivity index (χ0v) is 15.9. The predicted octanol–water partition coefficient (Wildman–Crippen LogP) is 4.47. The lowest BCUT2D eigenvalue weighted by atomic mass is 10.0. The van der Waals surface area contributed by atoms with Crippen LogP contribution in [0.3, 0.4) is 0 Å². The molecule has 0 saturated carbocycles. The Morgan fingerprint density at radius 2 is 1.96 bits per heavy atom. The first-order chi connectivity index (χ1) is 13.0. The molecule has 1 amide bonds. The summed E-state index contributed by atoms with van der Waals surface area (Å²) in [5, 5.41) is 6.19. The highest BCUT2D eigenvalue weighted by Crippen LogP contribution is 2.32. The van der Waals surface area contributed by atoms with E-state index < -0.39 is 11.6 Å². The molecule has 0 aliphatic carbocycles. The van der Waals surface area contributed by atoms with Crippen LogP contribution >= 0.6 is 11.3 Å². The van der Waals surface area contributed by atoms with Crippen molar-refractivity contribution in [2.75, 3.05) is 11.9 Å². The minimum Gasteiger partial charge on any atom is -0.446 e. The number of anilines is 1. The molecule has 4 rings (SSSR count). The molecule has 4 nitrogen and oxygen atoms in total. The van der Waals surface area contributed by atoms with Crippen LogP contribution in [0.4, 0.5) is 18.6 Å². The number of nitrogens with one attached hydrogen (secondary N) is 1. The summed E-state index contributed by atoms with van der Waals surface area (Å²) in [5.41, 5.74) is 1.54. The molecular weight excluding hydrogens is 370 g/mol. The summed E-state index contributed by atoms with van der Waals surface area (Å²) in [7, 11) is 1.69. The number of carbonyl (C=O) groups excluding carboxylic acids is 1. The second-order valence-electron chi connectivity index (χ2n) is 7.35. The molecule has 1 N–H and O–H groups in total. The number of thiophene rings is 1. The average Bonchev–Trinajstić information content (AvgIpc) is 3.23. The summed E-state index contributed by atoms with van der Waals surface area (Å²) in [5.74, 6) is -1.72. The van der Waals surface area contributed by atoms with Gasteiger partial charge in [-0.3, -0.25) is 4.90 Å². The van der Waals surface area contributed by atoms with E-state index in [1.807, 2.05) is 11.4 Å². The Kier molecular flexibility index (Phi) is 5.14. The highest BCUT2D eigenvalue weighted by molar-refractivity contribution is 7.14. The molecule has 1 aromatic heterocycles. The van der Waals surface area contributed by atoms with Crippen molar-refractivity contribution < 1.29 is 18.3 Å². The van der Waals surface area contributed by atoms with E-state index in [4.69, 9.17) is 4.74 Å². The van der Waals surface area contributed by atoms with Crippen LogP contribution < -0.4 is 10.2 Å². The number of ether oxygens (including phenoxy) is 1. The van der Waals surface area contributed by atoms with Gasteiger partial charge in [-0.05, 0) is 60.4 Å². The molecule has 27 heavy (non-hydrogen) atoms. The Morgan fingerprint density at radius 3 is 2.67 bits per heavy atom. The topological polar surface area (TPSA) is 41.6 Å². The average molecular weight is 392 g/mol. The number of hydrogen-bond acceptors (Lipinski definition) is 4. The summed E-state index contributed by atoms with van der Waals surface area (Å²) in [6, 6.07) is 6.69. The number of carbonyl (C=O) groups is 1. The maximum absolute atomic E-state index is 13.5. The van der Waals surface area contributed by atoms with Gasteiger partial charge in [0.1, 0.15) is 11.1 Å². The van der Waals surface area contributed by atoms with E-state index >= 15 is 0 Å². The maximum Gasteiger partial charge on any atom is 0.414 e. The van der Waals surface area contributed by atoms with Crippen LogP contribution in [0, 0.1) is 11.6 Å². The van der Waals surface area contributed by atoms with Crippen LogP contribution in [0.15, 0.2) is 29.6 Å². The van der Waals surface area contributed by atoms with Crippen molar-refractivity contribution in [1.82, 2.24) is 5.32 Å². The SMILES string of the molecule is CN(C(=O)OC1CC2CCC(C1)N2)c1sccc1Cc1ccc(F)c(F)c1. The largest absolute Gasteiger partial charge is 0.446 e. The number of nitrogens with zero attached hydrogens (tertiary/aromatic N) is 1. The highest BCUT2D eigenvalue weighted by Gasteiger charge is 2.35. The third kappa shape index (κ3) is 3.99. The number of benzene rings is 1. The predicted molar refractivity (Wildman–Crippen MR) is 101 cm³/mol. The van der Waals surface area contributed by atoms with E-state index in [-0.39, 0.29) is 12.2 Å². The second-order valence-corrected chi connectivity index (χ2v) is 8.24. The normalized spacial score (nSPS) is 24.0. The van der Waals surface area contributed by atoms with E-state index in [0.717, 1.165) is 42.3 Å². The van der Waals surface area contributed by atoms with Crippen LogP contribution in [0.2, 0.25) is 0 Å². The molecule has 2 saturated heterocycles. The Bertz CT molecular complexity index is 829. The quantitative estimate of drug-likeness (QED) is 0.835. The van der Waals surface area contributed by atoms with Crippen LogP contribution in [-0.2, 0) is 11.2 Å². The third-order valence-corrected chi connectivity index (χ3v) is 6.41. The summed E-state index contributed by atoms with van der Waals surface area (Å²) in [6.07, 6.45) is 4.04. The van der Waals surface area contributed by atoms with Crippen molar-refractivity contribution in [3.05, 3.63) is 52.4 Å². The zero-order chi connectivity index (χ0) is 19.0. The highest BCUT2D eigenvalue weighted by atomic mass is 32.1. The Morgan fingerprint density at radius 1 is 1.22 bits per heavy atom. The summed E-state index contributed by atoms with van der Waals surface area (Å²) in [6.45, 7) is 0. The van der Waals surface area contributed by atoms with Gasteiger partial charge in [0.25, 0.3) is 0 Å². The molecular formula is C20H22F2N2O2S. The van der Waals surface area contributed by atoms with Gasteiger partial charge in [0, 0.05) is 25.6 Å². The monoisotopic (exact) mass is 392 g/mol. The molecule has 144 valence electrons. The lowest BCUT2D eigenvalue weighted by Gasteiger charge is -2.30.